The van der Waals surface area contributed by atoms with E-state index in [1.54, 1.807) is 11.1 Å². The van der Waals surface area contributed by atoms with Crippen molar-refractivity contribution in [2.75, 3.05) is 0 Å². The standard InChI is InChI=1S/2C8H11.C2H6Si.2ClH.Zr/c2*1-7(2)8-5-3-4-6-8;1-3-2;;;/h2*5-7H,3H2,1-2H3;1-2H3;2*1H;/q;;;;;+2/p-2. The molecule has 2 aliphatic carbocycles. The molecular weight excluding hydrogens is 406 g/mol. The summed E-state index contributed by atoms with van der Waals surface area (Å²) >= 11 is -1.51. The summed E-state index contributed by atoms with van der Waals surface area (Å²) in [6.45, 7) is 14.4. The van der Waals surface area contributed by atoms with E-state index in [2.05, 4.69) is 65.1 Å². The van der Waals surface area contributed by atoms with E-state index < -0.39 is 20.4 Å². The van der Waals surface area contributed by atoms with E-state index in [0.29, 0.717) is 11.8 Å². The SMILES string of the molecule is CC(C)C1=CC[C]([Zr+2]([C]2=CC(C(C)C)=CC2)=[Si](C)C)=C1.[Cl-].[Cl-]. The van der Waals surface area contributed by atoms with Crippen LogP contribution in [0.5, 0.6) is 0 Å². The van der Waals surface area contributed by atoms with Gasteiger partial charge in [0.05, 0.1) is 0 Å². The van der Waals surface area contributed by atoms with Gasteiger partial charge in [0, 0.05) is 0 Å². The molecule has 0 N–H and O–H groups in total. The predicted molar refractivity (Wildman–Crippen MR) is 88.7 cm³/mol. The zero-order chi connectivity index (χ0) is 14.9. The predicted octanol–water partition coefficient (Wildman–Crippen LogP) is -0.396. The molecule has 0 atom stereocenters. The third-order valence-corrected chi connectivity index (χ3v) is 21.3. The van der Waals surface area contributed by atoms with Crippen molar-refractivity contribution in [2.24, 2.45) is 11.8 Å². The van der Waals surface area contributed by atoms with Crippen LogP contribution in [0.1, 0.15) is 40.5 Å². The Kier molecular flexibility index (Phi) is 10.1. The zero-order valence-electron chi connectivity index (χ0n) is 14.6. The first-order valence-electron chi connectivity index (χ1n) is 7.89. The molecule has 0 unspecified atom stereocenters. The van der Waals surface area contributed by atoms with Gasteiger partial charge in [-0.05, 0) is 0 Å². The van der Waals surface area contributed by atoms with Crippen LogP contribution in [0.4, 0.5) is 0 Å². The fourth-order valence-electron chi connectivity index (χ4n) is 3.10. The van der Waals surface area contributed by atoms with Crippen molar-refractivity contribution in [3.05, 3.63) is 42.0 Å². The molecule has 0 saturated heterocycles. The maximum Gasteiger partial charge on any atom is -1.00 e. The Labute approximate surface area is 157 Å². The molecule has 22 heavy (non-hydrogen) atoms. The molecule has 0 heterocycles. The minimum atomic E-state index is -1.51. The summed E-state index contributed by atoms with van der Waals surface area (Å²) < 4.78 is 3.75. The van der Waals surface area contributed by atoms with Crippen LogP contribution >= 0.6 is 0 Å². The first kappa shape index (κ1) is 22.6. The van der Waals surface area contributed by atoms with Crippen LogP contribution in [-0.4, -0.2) is 5.43 Å². The van der Waals surface area contributed by atoms with E-state index in [0.717, 1.165) is 0 Å². The summed E-state index contributed by atoms with van der Waals surface area (Å²) in [6.07, 6.45) is 12.7. The van der Waals surface area contributed by atoms with Crippen molar-refractivity contribution in [3.8, 4) is 0 Å². The summed E-state index contributed by atoms with van der Waals surface area (Å²) in [7, 11) is 0. The van der Waals surface area contributed by atoms with Crippen LogP contribution in [0.15, 0.2) is 42.0 Å². The second-order valence-electron chi connectivity index (χ2n) is 6.84. The van der Waals surface area contributed by atoms with Gasteiger partial charge in [0.1, 0.15) is 0 Å². The van der Waals surface area contributed by atoms with Crippen molar-refractivity contribution >= 4 is 5.43 Å². The average Bonchev–Trinajstić information content (AvgIpc) is 2.97. The zero-order valence-corrected chi connectivity index (χ0v) is 19.6. The first-order chi connectivity index (χ1) is 9.40. The number of hydrogen-bond acceptors (Lipinski definition) is 0. The Bertz CT molecular complexity index is 516. The van der Waals surface area contributed by atoms with Gasteiger partial charge < -0.3 is 24.8 Å². The van der Waals surface area contributed by atoms with Crippen LogP contribution in [0.2, 0.25) is 13.1 Å². The first-order valence-corrected chi connectivity index (χ1v) is 16.5. The third kappa shape index (κ3) is 5.33. The van der Waals surface area contributed by atoms with Gasteiger partial charge in [-0.15, -0.1) is 0 Å². The Morgan fingerprint density at radius 2 is 1.18 bits per heavy atom. The largest absolute Gasteiger partial charge is 1.00 e. The van der Waals surface area contributed by atoms with E-state index in [-0.39, 0.29) is 30.2 Å². The fourth-order valence-corrected chi connectivity index (χ4v) is 20.0. The smallest absolute Gasteiger partial charge is 1.00 e. The molecule has 0 spiro atoms. The summed E-state index contributed by atoms with van der Waals surface area (Å²) in [5, 5.41) is 0. The van der Waals surface area contributed by atoms with Crippen molar-refractivity contribution in [1.82, 2.24) is 0 Å². The van der Waals surface area contributed by atoms with Crippen LogP contribution in [0.3, 0.4) is 0 Å². The van der Waals surface area contributed by atoms with Crippen LogP contribution in [0, 0.1) is 11.8 Å². The van der Waals surface area contributed by atoms with E-state index in [9.17, 15) is 0 Å². The third-order valence-electron chi connectivity index (χ3n) is 4.27. The second-order valence-corrected chi connectivity index (χ2v) is 24.2. The minimum absolute atomic E-state index is 0. The van der Waals surface area contributed by atoms with Crippen LogP contribution in [-0.2, 0) is 20.4 Å². The minimum Gasteiger partial charge on any atom is -1.00 e. The summed E-state index contributed by atoms with van der Waals surface area (Å²) in [5.41, 5.74) is 3.05. The number of allylic oxidation sites excluding steroid dienone is 8. The van der Waals surface area contributed by atoms with Gasteiger partial charge in [-0.2, -0.15) is 0 Å². The number of halogens is 2. The second kappa shape index (κ2) is 9.82. The summed E-state index contributed by atoms with van der Waals surface area (Å²) in [6, 6.07) is 0. The molecule has 122 valence electrons. The van der Waals surface area contributed by atoms with Crippen LogP contribution in [0.25, 0.3) is 0 Å². The number of hydrogen-bond donors (Lipinski definition) is 0. The normalized spacial score (nSPS) is 16.1. The molecule has 0 aliphatic heterocycles. The van der Waals surface area contributed by atoms with Crippen molar-refractivity contribution in [2.45, 2.75) is 53.6 Å². The Morgan fingerprint density at radius 3 is 1.41 bits per heavy atom. The molecule has 0 aromatic rings. The van der Waals surface area contributed by atoms with E-state index >= 15 is 0 Å². The van der Waals surface area contributed by atoms with Gasteiger partial charge in [-0.3, -0.25) is 0 Å². The van der Waals surface area contributed by atoms with Gasteiger partial charge in [0.25, 0.3) is 0 Å². The summed E-state index contributed by atoms with van der Waals surface area (Å²) in [5.74, 6) is 1.40. The molecule has 0 bridgehead atoms. The summed E-state index contributed by atoms with van der Waals surface area (Å²) in [4.78, 5) is 0. The van der Waals surface area contributed by atoms with E-state index in [1.807, 2.05) is 6.56 Å². The fraction of sp³-hybridized carbons (Fsp3) is 0.556. The molecule has 0 fully saturated rings. The topological polar surface area (TPSA) is 0 Å². The Balaban J connectivity index is 0.00000220. The molecule has 4 heteroatoms. The van der Waals surface area contributed by atoms with Gasteiger partial charge in [0.2, 0.25) is 0 Å². The molecular formula is C18H28Cl2SiZr. The Morgan fingerprint density at radius 1 is 0.818 bits per heavy atom. The molecule has 0 radical (unpaired) electrons. The van der Waals surface area contributed by atoms with Crippen molar-refractivity contribution in [1.29, 1.82) is 0 Å². The molecule has 0 nitrogen and oxygen atoms in total. The molecule has 0 aromatic carbocycles. The van der Waals surface area contributed by atoms with Gasteiger partial charge in [-0.25, -0.2) is 0 Å². The maximum atomic E-state index is 2.59. The van der Waals surface area contributed by atoms with Crippen molar-refractivity contribution < 1.29 is 45.2 Å². The van der Waals surface area contributed by atoms with Crippen molar-refractivity contribution in [3.63, 3.8) is 0 Å². The number of rotatable bonds is 4. The average molecular weight is 435 g/mol. The molecule has 0 amide bonds. The van der Waals surface area contributed by atoms with Gasteiger partial charge >= 0.3 is 133 Å². The molecule has 0 aromatic heterocycles. The Hall–Kier alpha value is 0.640. The molecule has 2 rings (SSSR count). The monoisotopic (exact) mass is 432 g/mol. The van der Waals surface area contributed by atoms with Gasteiger partial charge in [0.15, 0.2) is 0 Å². The maximum absolute atomic E-state index is 2.59. The van der Waals surface area contributed by atoms with E-state index in [4.69, 9.17) is 0 Å². The quantitative estimate of drug-likeness (QED) is 0.529. The van der Waals surface area contributed by atoms with Crippen LogP contribution < -0.4 is 24.8 Å². The van der Waals surface area contributed by atoms with E-state index in [1.165, 1.54) is 12.8 Å². The van der Waals surface area contributed by atoms with Gasteiger partial charge in [-0.1, -0.05) is 0 Å². The molecule has 2 aliphatic rings. The molecule has 0 saturated carbocycles.